The van der Waals surface area contributed by atoms with Crippen LogP contribution in [0.4, 0.5) is 45.5 Å². The molecule has 2 unspecified atom stereocenters. The molecule has 0 radical (unpaired) electrons. The zero-order valence-corrected chi connectivity index (χ0v) is 46.5. The molecule has 5 heterocycles. The van der Waals surface area contributed by atoms with Gasteiger partial charge in [0.25, 0.3) is 6.71 Å². The summed E-state index contributed by atoms with van der Waals surface area (Å²) in [5, 5.41) is 5.28. The van der Waals surface area contributed by atoms with Crippen LogP contribution in [0.1, 0.15) is 97.8 Å². The van der Waals surface area contributed by atoms with Crippen molar-refractivity contribution >= 4 is 132 Å². The number of nitrogens with zero attached hydrogens (tertiary/aromatic N) is 3. The molecule has 2 atom stereocenters. The van der Waals surface area contributed by atoms with E-state index in [9.17, 15) is 0 Å². The van der Waals surface area contributed by atoms with Crippen LogP contribution in [0.3, 0.4) is 0 Å². The Labute approximate surface area is 456 Å². The molecule has 9 aromatic carbocycles. The lowest BCUT2D eigenvalue weighted by Crippen LogP contribution is -2.61. The smallest absolute Gasteiger partial charge is 0.252 e. The lowest BCUT2D eigenvalue weighted by atomic mass is 9.33. The number of rotatable bonds is 4. The normalized spacial score (nSPS) is 18.8. The number of hydrogen-bond donors (Lipinski definition) is 0. The monoisotopic (exact) mass is 1020 g/mol. The van der Waals surface area contributed by atoms with Gasteiger partial charge in [0.2, 0.25) is 0 Å². The Kier molecular flexibility index (Phi) is 9.85. The summed E-state index contributed by atoms with van der Waals surface area (Å²) in [6.07, 6.45) is 4.75. The number of thiophene rings is 2. The van der Waals surface area contributed by atoms with Crippen LogP contribution in [0.2, 0.25) is 0 Å². The Morgan fingerprint density at radius 1 is 0.447 bits per heavy atom. The van der Waals surface area contributed by atoms with E-state index in [2.05, 4.69) is 252 Å². The van der Waals surface area contributed by atoms with Crippen LogP contribution in [-0.4, -0.2) is 12.3 Å². The molecule has 2 aromatic heterocycles. The number of para-hydroxylation sites is 1. The van der Waals surface area contributed by atoms with Gasteiger partial charge in [0, 0.05) is 80.1 Å². The average Bonchev–Trinajstić information content (AvgIpc) is 4.20. The maximum Gasteiger partial charge on any atom is 0.252 e. The summed E-state index contributed by atoms with van der Waals surface area (Å²) in [5.41, 5.74) is 20.4. The highest BCUT2D eigenvalue weighted by Gasteiger charge is 2.58. The van der Waals surface area contributed by atoms with Crippen LogP contribution in [0, 0.1) is 0 Å². The summed E-state index contributed by atoms with van der Waals surface area (Å²) < 4.78 is 5.26. The zero-order chi connectivity index (χ0) is 51.6. The Balaban J connectivity index is 1.13. The standard InChI is InChI=1S/C70H62BN3S2/c1-67(2,3)44-31-33-54(49(37-44)43-21-10-9-11-22-43)72-58-42-64-50(47-23-12-16-28-61(47)76-64)41-53(58)71-52-38-45(68(4,5)6)32-34-56(52)73(57-27-20-30-63-65(57)48-24-13-17-29-62(48)75-63)60-40-46(39-59(72)66(60)71)74-55-26-15-14-25-51(55)69(7)35-18-19-36-70(69,74)8/h9-17,20-34,37-42H,18-19,35-36H2,1-8H3. The minimum absolute atomic E-state index is 0.0172. The number of anilines is 8. The molecular weight excluding hydrogens is 958 g/mol. The third kappa shape index (κ3) is 6.47. The first-order valence-corrected chi connectivity index (χ1v) is 29.2. The van der Waals surface area contributed by atoms with Gasteiger partial charge in [-0.2, -0.15) is 0 Å². The van der Waals surface area contributed by atoms with Gasteiger partial charge < -0.3 is 14.7 Å². The van der Waals surface area contributed by atoms with Crippen LogP contribution in [0.25, 0.3) is 51.5 Å². The molecule has 11 aromatic rings. The van der Waals surface area contributed by atoms with E-state index in [4.69, 9.17) is 0 Å². The Morgan fingerprint density at radius 2 is 1.04 bits per heavy atom. The lowest BCUT2D eigenvalue weighted by Gasteiger charge is -2.51. The second-order valence-electron chi connectivity index (χ2n) is 24.8. The molecule has 4 aliphatic rings. The molecule has 3 nitrogen and oxygen atoms in total. The Hall–Kier alpha value is -7.12. The molecule has 6 heteroatoms. The highest BCUT2D eigenvalue weighted by Crippen LogP contribution is 2.62. The van der Waals surface area contributed by atoms with Gasteiger partial charge in [-0.1, -0.05) is 177 Å². The second kappa shape index (κ2) is 16.2. The van der Waals surface area contributed by atoms with E-state index in [1.807, 2.05) is 22.7 Å². The maximum atomic E-state index is 2.81. The summed E-state index contributed by atoms with van der Waals surface area (Å²) in [5.74, 6) is 0. The molecule has 0 saturated heterocycles. The van der Waals surface area contributed by atoms with Crippen LogP contribution in [0.5, 0.6) is 0 Å². The van der Waals surface area contributed by atoms with Crippen LogP contribution < -0.4 is 31.1 Å². The fourth-order valence-corrected chi connectivity index (χ4v) is 16.7. The van der Waals surface area contributed by atoms with Crippen LogP contribution in [-0.2, 0) is 16.2 Å². The molecule has 0 bridgehead atoms. The lowest BCUT2D eigenvalue weighted by molar-refractivity contribution is 0.195. The quantitative estimate of drug-likeness (QED) is 0.163. The summed E-state index contributed by atoms with van der Waals surface area (Å²) in [4.78, 5) is 8.23. The number of hydrogen-bond acceptors (Lipinski definition) is 5. The molecule has 15 rings (SSSR count). The molecule has 1 saturated carbocycles. The minimum Gasteiger partial charge on any atom is -0.334 e. The minimum atomic E-state index is -0.151. The van der Waals surface area contributed by atoms with Crippen LogP contribution in [0.15, 0.2) is 182 Å². The summed E-state index contributed by atoms with van der Waals surface area (Å²) in [6, 6.07) is 71.0. The van der Waals surface area contributed by atoms with Crippen LogP contribution >= 0.6 is 22.7 Å². The van der Waals surface area contributed by atoms with Crippen molar-refractivity contribution in [1.82, 2.24) is 0 Å². The van der Waals surface area contributed by atoms with Gasteiger partial charge in [-0.15, -0.1) is 22.7 Å². The van der Waals surface area contributed by atoms with E-state index in [0.717, 1.165) is 6.42 Å². The first-order chi connectivity index (χ1) is 36.7. The Bertz CT molecular complexity index is 4230. The van der Waals surface area contributed by atoms with Gasteiger partial charge in [-0.05, 0) is 141 Å². The fraction of sp³-hybridized carbons (Fsp3) is 0.229. The van der Waals surface area contributed by atoms with Crippen molar-refractivity contribution in [2.24, 2.45) is 0 Å². The summed E-state index contributed by atoms with van der Waals surface area (Å²) in [6.45, 7) is 19.3. The molecule has 3 aliphatic heterocycles. The molecular formula is C70H62BN3S2. The number of benzene rings is 9. The maximum absolute atomic E-state index is 2.81. The zero-order valence-electron chi connectivity index (χ0n) is 44.9. The fourth-order valence-electron chi connectivity index (χ4n) is 14.4. The van der Waals surface area contributed by atoms with Gasteiger partial charge in [0.1, 0.15) is 0 Å². The van der Waals surface area contributed by atoms with Crippen molar-refractivity contribution < 1.29 is 0 Å². The predicted molar refractivity (Wildman–Crippen MR) is 332 cm³/mol. The van der Waals surface area contributed by atoms with E-state index in [-0.39, 0.29) is 28.5 Å². The molecule has 1 fully saturated rings. The topological polar surface area (TPSA) is 9.72 Å². The second-order valence-corrected chi connectivity index (χ2v) is 27.0. The van der Waals surface area contributed by atoms with Crippen molar-refractivity contribution in [3.63, 3.8) is 0 Å². The third-order valence-corrected chi connectivity index (χ3v) is 20.8. The van der Waals surface area contributed by atoms with E-state index in [1.54, 1.807) is 0 Å². The molecule has 0 amide bonds. The molecule has 372 valence electrons. The van der Waals surface area contributed by atoms with Gasteiger partial charge in [0.15, 0.2) is 0 Å². The van der Waals surface area contributed by atoms with Crippen molar-refractivity contribution in [3.05, 3.63) is 199 Å². The van der Waals surface area contributed by atoms with E-state index in [0.29, 0.717) is 0 Å². The molecule has 76 heavy (non-hydrogen) atoms. The third-order valence-electron chi connectivity index (χ3n) is 18.5. The summed E-state index contributed by atoms with van der Waals surface area (Å²) >= 11 is 3.83. The largest absolute Gasteiger partial charge is 0.334 e. The van der Waals surface area contributed by atoms with Crippen molar-refractivity contribution in [3.8, 4) is 11.1 Å². The van der Waals surface area contributed by atoms with E-state index in [1.165, 1.54) is 149 Å². The van der Waals surface area contributed by atoms with Gasteiger partial charge in [0.05, 0.1) is 16.9 Å². The SMILES string of the molecule is CC(C)(C)c1ccc2c(c1)B1c3cc4c(cc3N(c3ccc(C(C)(C)C)cc3-c3ccccc3)c3cc(N5c6ccccc6C6(C)CCCCC56C)cc(c31)N2c1cccc2sc3ccccc3c12)sc1ccccc14. The predicted octanol–water partition coefficient (Wildman–Crippen LogP) is 18.5. The van der Waals surface area contributed by atoms with Crippen molar-refractivity contribution in [1.29, 1.82) is 0 Å². The van der Waals surface area contributed by atoms with Crippen molar-refractivity contribution in [2.75, 3.05) is 14.7 Å². The molecule has 0 spiro atoms. The van der Waals surface area contributed by atoms with Gasteiger partial charge in [-0.3, -0.25) is 0 Å². The van der Waals surface area contributed by atoms with Gasteiger partial charge >= 0.3 is 0 Å². The van der Waals surface area contributed by atoms with Crippen molar-refractivity contribution in [2.45, 2.75) is 103 Å². The molecule has 0 N–H and O–H groups in total. The molecule has 1 aliphatic carbocycles. The first-order valence-electron chi connectivity index (χ1n) is 27.6. The Morgan fingerprint density at radius 3 is 1.80 bits per heavy atom. The number of fused-ring (bicyclic) bond motifs is 13. The van der Waals surface area contributed by atoms with Gasteiger partial charge in [-0.25, -0.2) is 0 Å². The summed E-state index contributed by atoms with van der Waals surface area (Å²) in [7, 11) is 0. The first kappa shape index (κ1) is 46.2. The van der Waals surface area contributed by atoms with E-state index >= 15 is 0 Å². The highest BCUT2D eigenvalue weighted by atomic mass is 32.1. The van der Waals surface area contributed by atoms with E-state index < -0.39 is 0 Å². The average molecular weight is 1020 g/mol. The highest BCUT2D eigenvalue weighted by molar-refractivity contribution is 7.26.